The molecule has 0 saturated heterocycles. The minimum atomic E-state index is -4.17. The van der Waals surface area contributed by atoms with E-state index < -0.39 is 16.1 Å². The van der Waals surface area contributed by atoms with Crippen LogP contribution in [0.3, 0.4) is 0 Å². The summed E-state index contributed by atoms with van der Waals surface area (Å²) >= 11 is 0. The van der Waals surface area contributed by atoms with Gasteiger partial charge in [0.2, 0.25) is 11.8 Å². The summed E-state index contributed by atoms with van der Waals surface area (Å²) in [4.78, 5) is 34.4. The number of hydrogen-bond acceptors (Lipinski definition) is 8. The highest BCUT2D eigenvalue weighted by Crippen LogP contribution is 2.31. The van der Waals surface area contributed by atoms with Gasteiger partial charge in [-0.25, -0.2) is 23.1 Å². The van der Waals surface area contributed by atoms with Crippen molar-refractivity contribution in [2.24, 2.45) is 12.5 Å². The number of aryl methyl sites for hydroxylation is 3. The molecule has 12 heteroatoms. The van der Waals surface area contributed by atoms with E-state index in [-0.39, 0.29) is 46.8 Å². The topological polar surface area (TPSA) is 132 Å². The van der Waals surface area contributed by atoms with Gasteiger partial charge in [0.25, 0.3) is 15.9 Å². The number of nitrogens with one attached hydrogen (secondary N) is 1. The largest absolute Gasteiger partial charge is 0.475 e. The van der Waals surface area contributed by atoms with Gasteiger partial charge in [-0.05, 0) is 61.1 Å². The molecule has 0 unspecified atom stereocenters. The number of rotatable bonds is 4. The van der Waals surface area contributed by atoms with Crippen molar-refractivity contribution in [2.75, 3.05) is 11.3 Å². The first-order chi connectivity index (χ1) is 21.8. The first-order valence-corrected chi connectivity index (χ1v) is 16.5. The predicted octanol–water partition coefficient (Wildman–Crippen LogP) is 5.68. The Morgan fingerprint density at radius 3 is 2.48 bits per heavy atom. The van der Waals surface area contributed by atoms with Crippen molar-refractivity contribution < 1.29 is 17.9 Å². The van der Waals surface area contributed by atoms with Crippen LogP contribution < -0.4 is 9.46 Å². The molecule has 0 saturated carbocycles. The minimum Gasteiger partial charge on any atom is -0.475 e. The Hall–Kier alpha value is -4.84. The second-order valence-corrected chi connectivity index (χ2v) is 14.7. The first-order valence-electron chi connectivity index (χ1n) is 15.1. The number of anilines is 1. The van der Waals surface area contributed by atoms with Crippen molar-refractivity contribution in [3.8, 4) is 17.1 Å². The fraction of sp³-hybridized carbons (Fsp3) is 0.324. The number of hydrogen-bond donors (Lipinski definition) is 1. The third-order valence-electron chi connectivity index (χ3n) is 7.98. The molecule has 1 amide bonds. The molecular weight excluding hydrogens is 602 g/mol. The summed E-state index contributed by atoms with van der Waals surface area (Å²) in [5.41, 5.74) is 5.41. The number of carbonyl (C=O) groups is 1. The van der Waals surface area contributed by atoms with E-state index >= 15 is 0 Å². The zero-order chi connectivity index (χ0) is 32.8. The van der Waals surface area contributed by atoms with E-state index in [1.807, 2.05) is 55.9 Å². The van der Waals surface area contributed by atoms with E-state index in [0.717, 1.165) is 22.2 Å². The quantitative estimate of drug-likeness (QED) is 0.266. The molecule has 11 nitrogen and oxygen atoms in total. The second kappa shape index (κ2) is 11.8. The Balaban J connectivity index is 1.50. The van der Waals surface area contributed by atoms with Crippen LogP contribution in [0.25, 0.3) is 22.4 Å². The molecule has 46 heavy (non-hydrogen) atoms. The lowest BCUT2D eigenvalue weighted by molar-refractivity contribution is 0.0509. The second-order valence-electron chi connectivity index (χ2n) is 13.0. The van der Waals surface area contributed by atoms with Gasteiger partial charge in [-0.15, -0.1) is 0 Å². The molecule has 1 aliphatic rings. The zero-order valence-electron chi connectivity index (χ0n) is 26.8. The van der Waals surface area contributed by atoms with Crippen LogP contribution in [0.2, 0.25) is 0 Å². The highest BCUT2D eigenvalue weighted by molar-refractivity contribution is 7.92. The van der Waals surface area contributed by atoms with E-state index in [1.165, 1.54) is 12.1 Å². The average molecular weight is 640 g/mol. The summed E-state index contributed by atoms with van der Waals surface area (Å²) < 4.78 is 38.0. The number of carbonyl (C=O) groups excluding carboxylic acids is 1. The molecule has 0 aliphatic carbocycles. The molecule has 0 spiro atoms. The summed E-state index contributed by atoms with van der Waals surface area (Å²) in [6.07, 6.45) is 4.14. The number of fused-ring (bicyclic) bond motifs is 5. The summed E-state index contributed by atoms with van der Waals surface area (Å²) in [7, 11) is -2.28. The van der Waals surface area contributed by atoms with Gasteiger partial charge in [0.15, 0.2) is 5.65 Å². The summed E-state index contributed by atoms with van der Waals surface area (Å²) in [6.45, 7) is 10.5. The maximum atomic E-state index is 14.4. The summed E-state index contributed by atoms with van der Waals surface area (Å²) in [5.74, 6) is -0.286. The maximum Gasteiger partial charge on any atom is 0.264 e. The number of sulfonamides is 1. The molecule has 1 N–H and O–H groups in total. The molecule has 0 fully saturated rings. The predicted molar refractivity (Wildman–Crippen MR) is 176 cm³/mol. The molecule has 6 rings (SSSR count). The lowest BCUT2D eigenvalue weighted by atomic mass is 9.87. The number of ether oxygens (including phenoxy) is 1. The lowest BCUT2D eigenvalue weighted by Gasteiger charge is -2.35. The fourth-order valence-electron chi connectivity index (χ4n) is 5.85. The van der Waals surface area contributed by atoms with Crippen LogP contribution in [0, 0.1) is 19.3 Å². The number of amides is 1. The van der Waals surface area contributed by atoms with E-state index in [9.17, 15) is 13.2 Å². The Morgan fingerprint density at radius 1 is 1.00 bits per heavy atom. The highest BCUT2D eigenvalue weighted by Gasteiger charge is 2.32. The van der Waals surface area contributed by atoms with Gasteiger partial charge >= 0.3 is 0 Å². The lowest BCUT2D eigenvalue weighted by Crippen LogP contribution is -2.45. The molecule has 0 radical (unpaired) electrons. The van der Waals surface area contributed by atoms with E-state index in [1.54, 1.807) is 29.3 Å². The van der Waals surface area contributed by atoms with E-state index in [2.05, 4.69) is 40.4 Å². The smallest absolute Gasteiger partial charge is 0.264 e. The standard InChI is InChI=1S/C34H37N7O4S/c1-21-9-7-10-22(2)30(21)28-16-29-38-33(37-28)39-46(43,44)26-12-8-11-23(15-26)32(42)41(25(20-45-29)17-34(3,4)5)19-24-18-35-27-13-14-40(6)31(27)36-24/h7-16,18,25H,17,19-20H2,1-6H3,(H,37,38,39)/t25-/m1/s1. The Bertz CT molecular complexity index is 2050. The summed E-state index contributed by atoms with van der Waals surface area (Å²) in [6, 6.07) is 15.1. The van der Waals surface area contributed by atoms with Gasteiger partial charge in [-0.1, -0.05) is 45.0 Å². The molecule has 4 bridgehead atoms. The Labute approximate surface area is 268 Å². The molecule has 5 aromatic rings. The van der Waals surface area contributed by atoms with Crippen molar-refractivity contribution in [1.82, 2.24) is 29.4 Å². The molecule has 238 valence electrons. The SMILES string of the molecule is Cc1cccc(C)c1-c1cc2nc(n1)NS(=O)(=O)c1cccc(c1)C(=O)N(Cc1cnc3ccn(C)c3n1)[C@H](CC(C)(C)C)CO2. The van der Waals surface area contributed by atoms with Gasteiger partial charge in [-0.3, -0.25) is 9.78 Å². The van der Waals surface area contributed by atoms with Crippen LogP contribution >= 0.6 is 0 Å². The van der Waals surface area contributed by atoms with E-state index in [4.69, 9.17) is 9.72 Å². The minimum absolute atomic E-state index is 0.0847. The van der Waals surface area contributed by atoms with Crippen molar-refractivity contribution >= 4 is 33.0 Å². The molecule has 2 aromatic carbocycles. The van der Waals surface area contributed by atoms with Crippen LogP contribution in [0.5, 0.6) is 5.88 Å². The molecule has 1 atom stereocenters. The van der Waals surface area contributed by atoms with Crippen LogP contribution in [-0.4, -0.2) is 56.4 Å². The Morgan fingerprint density at radius 2 is 1.74 bits per heavy atom. The van der Waals surface area contributed by atoms with Crippen molar-refractivity contribution in [1.29, 1.82) is 0 Å². The third-order valence-corrected chi connectivity index (χ3v) is 9.31. The van der Waals surface area contributed by atoms with E-state index in [0.29, 0.717) is 23.5 Å². The number of aromatic nitrogens is 5. The first kappa shape index (κ1) is 31.2. The van der Waals surface area contributed by atoms with Crippen LogP contribution in [0.4, 0.5) is 5.95 Å². The monoisotopic (exact) mass is 639 g/mol. The van der Waals surface area contributed by atoms with Crippen molar-refractivity contribution in [3.63, 3.8) is 0 Å². The molecule has 3 aromatic heterocycles. The van der Waals surface area contributed by atoms with Crippen LogP contribution in [0.1, 0.15) is 54.4 Å². The van der Waals surface area contributed by atoms with Gasteiger partial charge in [0.05, 0.1) is 35.1 Å². The van der Waals surface area contributed by atoms with Crippen LogP contribution in [-0.2, 0) is 23.6 Å². The van der Waals surface area contributed by atoms with Crippen molar-refractivity contribution in [2.45, 2.75) is 58.5 Å². The fourth-order valence-corrected chi connectivity index (χ4v) is 6.84. The molecule has 1 aliphatic heterocycles. The zero-order valence-corrected chi connectivity index (χ0v) is 27.6. The third kappa shape index (κ3) is 6.43. The van der Waals surface area contributed by atoms with Crippen LogP contribution in [0.15, 0.2) is 71.9 Å². The molecular formula is C34H37N7O4S. The number of benzene rings is 2. The van der Waals surface area contributed by atoms with Crippen molar-refractivity contribution in [3.05, 3.63) is 89.4 Å². The average Bonchev–Trinajstić information content (AvgIpc) is 3.36. The maximum absolute atomic E-state index is 14.4. The molecule has 4 heterocycles. The normalized spacial score (nSPS) is 16.6. The van der Waals surface area contributed by atoms with Gasteiger partial charge in [0, 0.05) is 30.4 Å². The van der Waals surface area contributed by atoms with Gasteiger partial charge in [0.1, 0.15) is 12.1 Å². The summed E-state index contributed by atoms with van der Waals surface area (Å²) in [5, 5.41) is 0. The number of nitrogens with zero attached hydrogens (tertiary/aromatic N) is 6. The van der Waals surface area contributed by atoms with Gasteiger partial charge in [-0.2, -0.15) is 4.98 Å². The van der Waals surface area contributed by atoms with Gasteiger partial charge < -0.3 is 14.2 Å². The Kier molecular flexibility index (Phi) is 8.01. The highest BCUT2D eigenvalue weighted by atomic mass is 32.2.